The number of thiazole rings is 1. The first-order chi connectivity index (χ1) is 9.88. The smallest absolute Gasteiger partial charge is 0.195 e. The summed E-state index contributed by atoms with van der Waals surface area (Å²) in [5, 5.41) is 9.51. The number of aliphatic hydroxyl groups excluding tert-OH is 1. The molecule has 4 aromatic rings. The molecule has 0 aliphatic heterocycles. The molecule has 2 heterocycles. The normalized spacial score (nSPS) is 11.4. The van der Waals surface area contributed by atoms with Crippen molar-refractivity contribution in [1.29, 1.82) is 0 Å². The molecule has 0 bridgehead atoms. The van der Waals surface area contributed by atoms with Gasteiger partial charge in [-0.05, 0) is 11.6 Å². The van der Waals surface area contributed by atoms with Gasteiger partial charge in [-0.1, -0.05) is 53.8 Å². The Hall–Kier alpha value is -2.17. The Kier molecular flexibility index (Phi) is 2.58. The molecule has 4 heteroatoms. The molecule has 0 spiro atoms. The van der Waals surface area contributed by atoms with Gasteiger partial charge < -0.3 is 5.11 Å². The number of hydrogen-bond donors (Lipinski definition) is 1. The first kappa shape index (κ1) is 11.6. The van der Waals surface area contributed by atoms with E-state index in [0.717, 1.165) is 16.2 Å². The molecular weight excluding hydrogens is 268 g/mol. The molecule has 0 fully saturated rings. The van der Waals surface area contributed by atoms with Gasteiger partial charge in [0.2, 0.25) is 0 Å². The average Bonchev–Trinajstić information content (AvgIpc) is 3.06. The SMILES string of the molecule is OCc1cnc2sc3cccc(-c4ccccc4)c3n12. The van der Waals surface area contributed by atoms with Gasteiger partial charge >= 0.3 is 0 Å². The zero-order valence-corrected chi connectivity index (χ0v) is 11.5. The first-order valence-electron chi connectivity index (χ1n) is 6.42. The summed E-state index contributed by atoms with van der Waals surface area (Å²) in [7, 11) is 0. The number of benzene rings is 2. The van der Waals surface area contributed by atoms with Gasteiger partial charge in [-0.2, -0.15) is 0 Å². The molecule has 0 aliphatic carbocycles. The molecule has 0 amide bonds. The molecule has 0 aliphatic rings. The van der Waals surface area contributed by atoms with Crippen LogP contribution in [0.25, 0.3) is 26.3 Å². The van der Waals surface area contributed by atoms with Crippen LogP contribution in [0.3, 0.4) is 0 Å². The molecule has 1 N–H and O–H groups in total. The Morgan fingerprint density at radius 1 is 1.05 bits per heavy atom. The van der Waals surface area contributed by atoms with E-state index in [1.165, 1.54) is 15.8 Å². The Morgan fingerprint density at radius 2 is 1.90 bits per heavy atom. The van der Waals surface area contributed by atoms with Crippen molar-refractivity contribution < 1.29 is 5.11 Å². The van der Waals surface area contributed by atoms with Crippen molar-refractivity contribution in [3.63, 3.8) is 0 Å². The highest BCUT2D eigenvalue weighted by Gasteiger charge is 2.13. The average molecular weight is 280 g/mol. The van der Waals surface area contributed by atoms with Gasteiger partial charge in [0, 0.05) is 5.56 Å². The van der Waals surface area contributed by atoms with Gasteiger partial charge in [-0.15, -0.1) is 0 Å². The molecule has 0 saturated heterocycles. The number of aliphatic hydroxyl groups is 1. The van der Waals surface area contributed by atoms with E-state index < -0.39 is 0 Å². The fraction of sp³-hybridized carbons (Fsp3) is 0.0625. The third-order valence-electron chi connectivity index (χ3n) is 3.47. The lowest BCUT2D eigenvalue weighted by atomic mass is 10.0. The molecule has 4 rings (SSSR count). The molecule has 2 aromatic carbocycles. The lowest BCUT2D eigenvalue weighted by molar-refractivity contribution is 0.276. The highest BCUT2D eigenvalue weighted by Crippen LogP contribution is 2.34. The van der Waals surface area contributed by atoms with E-state index in [9.17, 15) is 5.11 Å². The molecule has 20 heavy (non-hydrogen) atoms. The molecule has 0 unspecified atom stereocenters. The van der Waals surface area contributed by atoms with Crippen molar-refractivity contribution in [2.45, 2.75) is 6.61 Å². The molecule has 0 radical (unpaired) electrons. The standard InChI is InChI=1S/C16H12N2OS/c19-10-12-9-17-16-18(12)15-13(7-4-8-14(15)20-16)11-5-2-1-3-6-11/h1-9,19H,10H2. The first-order valence-corrected chi connectivity index (χ1v) is 7.24. The molecule has 0 saturated carbocycles. The van der Waals surface area contributed by atoms with Crippen LogP contribution in [0.4, 0.5) is 0 Å². The predicted molar refractivity (Wildman–Crippen MR) is 81.9 cm³/mol. The van der Waals surface area contributed by atoms with Crippen LogP contribution >= 0.6 is 11.3 Å². The van der Waals surface area contributed by atoms with Gasteiger partial charge in [0.1, 0.15) is 0 Å². The molecular formula is C16H12N2OS. The lowest BCUT2D eigenvalue weighted by Gasteiger charge is -2.05. The van der Waals surface area contributed by atoms with Crippen molar-refractivity contribution >= 4 is 26.5 Å². The minimum Gasteiger partial charge on any atom is -0.390 e. The maximum absolute atomic E-state index is 9.51. The van der Waals surface area contributed by atoms with Crippen molar-refractivity contribution in [2.75, 3.05) is 0 Å². The fourth-order valence-electron chi connectivity index (χ4n) is 2.58. The monoisotopic (exact) mass is 280 g/mol. The van der Waals surface area contributed by atoms with E-state index in [1.54, 1.807) is 17.5 Å². The van der Waals surface area contributed by atoms with Crippen LogP contribution in [0.5, 0.6) is 0 Å². The molecule has 2 aromatic heterocycles. The number of aromatic nitrogens is 2. The molecule has 98 valence electrons. The number of fused-ring (bicyclic) bond motifs is 3. The fourth-order valence-corrected chi connectivity index (χ4v) is 3.62. The van der Waals surface area contributed by atoms with Gasteiger partial charge in [0.15, 0.2) is 4.96 Å². The van der Waals surface area contributed by atoms with Crippen molar-refractivity contribution in [3.05, 3.63) is 60.4 Å². The van der Waals surface area contributed by atoms with Crippen LogP contribution in [0.1, 0.15) is 5.69 Å². The summed E-state index contributed by atoms with van der Waals surface area (Å²) in [6.45, 7) is -0.00385. The van der Waals surface area contributed by atoms with Crippen LogP contribution in [-0.2, 0) is 6.61 Å². The maximum atomic E-state index is 9.51. The van der Waals surface area contributed by atoms with Crippen LogP contribution in [0, 0.1) is 0 Å². The van der Waals surface area contributed by atoms with Gasteiger partial charge in [-0.25, -0.2) is 4.98 Å². The largest absolute Gasteiger partial charge is 0.390 e. The Morgan fingerprint density at radius 3 is 2.70 bits per heavy atom. The number of imidazole rings is 1. The van der Waals surface area contributed by atoms with Crippen molar-refractivity contribution in [2.24, 2.45) is 0 Å². The van der Waals surface area contributed by atoms with Crippen LogP contribution in [0.15, 0.2) is 54.7 Å². The summed E-state index contributed by atoms with van der Waals surface area (Å²) in [6, 6.07) is 16.6. The summed E-state index contributed by atoms with van der Waals surface area (Å²) in [6.07, 6.45) is 1.74. The highest BCUT2D eigenvalue weighted by molar-refractivity contribution is 7.23. The molecule has 0 atom stereocenters. The van der Waals surface area contributed by atoms with Crippen LogP contribution in [-0.4, -0.2) is 14.5 Å². The molecule has 3 nitrogen and oxygen atoms in total. The van der Waals surface area contributed by atoms with Gasteiger partial charge in [-0.3, -0.25) is 4.40 Å². The third kappa shape index (κ3) is 1.59. The van der Waals surface area contributed by atoms with E-state index in [-0.39, 0.29) is 6.61 Å². The van der Waals surface area contributed by atoms with E-state index in [0.29, 0.717) is 0 Å². The minimum atomic E-state index is -0.00385. The third-order valence-corrected chi connectivity index (χ3v) is 4.49. The summed E-state index contributed by atoms with van der Waals surface area (Å²) in [5.74, 6) is 0. The second-order valence-electron chi connectivity index (χ2n) is 4.65. The van der Waals surface area contributed by atoms with Gasteiger partial charge in [0.25, 0.3) is 0 Å². The lowest BCUT2D eigenvalue weighted by Crippen LogP contribution is -1.91. The predicted octanol–water partition coefficient (Wildman–Crippen LogP) is 3.71. The Labute approximate surface area is 119 Å². The Bertz CT molecular complexity index is 893. The van der Waals surface area contributed by atoms with E-state index in [1.807, 2.05) is 18.2 Å². The van der Waals surface area contributed by atoms with Crippen LogP contribution in [0.2, 0.25) is 0 Å². The zero-order chi connectivity index (χ0) is 13.5. The highest BCUT2D eigenvalue weighted by atomic mass is 32.1. The van der Waals surface area contributed by atoms with Crippen LogP contribution < -0.4 is 0 Å². The number of rotatable bonds is 2. The van der Waals surface area contributed by atoms with Crippen molar-refractivity contribution in [1.82, 2.24) is 9.38 Å². The summed E-state index contributed by atoms with van der Waals surface area (Å²) in [4.78, 5) is 5.31. The number of para-hydroxylation sites is 1. The minimum absolute atomic E-state index is 0.00385. The quantitative estimate of drug-likeness (QED) is 0.608. The summed E-state index contributed by atoms with van der Waals surface area (Å²) in [5.41, 5.74) is 4.30. The number of nitrogens with zero attached hydrogens (tertiary/aromatic N) is 2. The van der Waals surface area contributed by atoms with Crippen molar-refractivity contribution in [3.8, 4) is 11.1 Å². The maximum Gasteiger partial charge on any atom is 0.195 e. The topological polar surface area (TPSA) is 37.5 Å². The van der Waals surface area contributed by atoms with E-state index in [2.05, 4.69) is 39.7 Å². The summed E-state index contributed by atoms with van der Waals surface area (Å²) >= 11 is 1.65. The number of hydrogen-bond acceptors (Lipinski definition) is 3. The van der Waals surface area contributed by atoms with E-state index in [4.69, 9.17) is 0 Å². The summed E-state index contributed by atoms with van der Waals surface area (Å²) < 4.78 is 3.24. The second-order valence-corrected chi connectivity index (χ2v) is 5.66. The Balaban J connectivity index is 2.15. The van der Waals surface area contributed by atoms with Gasteiger partial charge in [0.05, 0.1) is 28.7 Å². The zero-order valence-electron chi connectivity index (χ0n) is 10.7. The van der Waals surface area contributed by atoms with E-state index >= 15 is 0 Å². The second kappa shape index (κ2) is 4.44.